The molecule has 1 atom stereocenters. The van der Waals surface area contributed by atoms with E-state index in [-0.39, 0.29) is 33.0 Å². The molecular weight excluding hydrogens is 394 g/mol. The Balaban J connectivity index is 0.00000392. The van der Waals surface area contributed by atoms with Gasteiger partial charge >= 0.3 is 18.9 Å². The molecule has 8 heteroatoms. The summed E-state index contributed by atoms with van der Waals surface area (Å²) < 4.78 is 21.5. The molecule has 0 amide bonds. The molecule has 5 nitrogen and oxygen atoms in total. The van der Waals surface area contributed by atoms with E-state index in [0.29, 0.717) is 48.5 Å². The topological polar surface area (TPSA) is 54.0 Å². The van der Waals surface area contributed by atoms with Gasteiger partial charge in [0.25, 0.3) is 0 Å². The average Bonchev–Trinajstić information content (AvgIpc) is 2.64. The summed E-state index contributed by atoms with van der Waals surface area (Å²) in [5.41, 5.74) is 1.39. The molecule has 2 rings (SSSR count). The summed E-state index contributed by atoms with van der Waals surface area (Å²) in [6.07, 6.45) is 0. The second kappa shape index (κ2) is 13.2. The first-order chi connectivity index (χ1) is 13.1. The van der Waals surface area contributed by atoms with Crippen LogP contribution in [-0.4, -0.2) is 65.0 Å². The Morgan fingerprint density at radius 1 is 1.00 bits per heavy atom. The number of benzene rings is 2. The summed E-state index contributed by atoms with van der Waals surface area (Å²) in [5, 5.41) is 1.27. The molecule has 0 bridgehead atoms. The average molecular weight is 419 g/mol. The molecule has 2 aromatic carbocycles. The van der Waals surface area contributed by atoms with Gasteiger partial charge in [-0.3, -0.25) is 4.79 Å². The van der Waals surface area contributed by atoms with E-state index in [1.807, 2.05) is 31.2 Å². The number of ether oxygens (including phenoxy) is 4. The van der Waals surface area contributed by atoms with Crippen molar-refractivity contribution < 1.29 is 23.7 Å². The van der Waals surface area contributed by atoms with Crippen LogP contribution in [0.2, 0.25) is 5.02 Å². The second-order valence-corrected chi connectivity index (χ2v) is 7.38. The number of carbonyl (C=O) groups excluding carboxylic acids is 1. The zero-order valence-electron chi connectivity index (χ0n) is 15.7. The van der Waals surface area contributed by atoms with E-state index in [1.54, 1.807) is 26.4 Å². The monoisotopic (exact) mass is 418 g/mol. The normalized spacial score (nSPS) is 10.7. The van der Waals surface area contributed by atoms with Gasteiger partial charge in [0, 0.05) is 31.2 Å². The summed E-state index contributed by atoms with van der Waals surface area (Å²) >= 11 is 6.23. The van der Waals surface area contributed by atoms with Crippen LogP contribution in [0.3, 0.4) is 0 Å². The third kappa shape index (κ3) is 7.41. The van der Waals surface area contributed by atoms with Crippen LogP contribution in [-0.2, 0) is 9.47 Å². The predicted molar refractivity (Wildman–Crippen MR) is 117 cm³/mol. The number of rotatable bonds is 11. The van der Waals surface area contributed by atoms with Gasteiger partial charge in [-0.1, -0.05) is 23.7 Å². The van der Waals surface area contributed by atoms with Gasteiger partial charge in [0.05, 0.1) is 18.2 Å². The zero-order valence-corrected chi connectivity index (χ0v) is 17.5. The molecule has 1 unspecified atom stereocenters. The minimum absolute atomic E-state index is 0. The molecule has 0 spiro atoms. The first-order valence-electron chi connectivity index (χ1n) is 8.50. The van der Waals surface area contributed by atoms with Crippen LogP contribution < -0.4 is 14.8 Å². The molecule has 0 aliphatic carbocycles. The minimum atomic E-state index is -0.111. The second-order valence-electron chi connectivity index (χ2n) is 5.73. The summed E-state index contributed by atoms with van der Waals surface area (Å²) in [7, 11) is 3.12. The molecule has 0 N–H and O–H groups in total. The van der Waals surface area contributed by atoms with Crippen molar-refractivity contribution in [1.82, 2.24) is 0 Å². The number of halogens is 1. The van der Waals surface area contributed by atoms with E-state index in [9.17, 15) is 4.79 Å². The Kier molecular flexibility index (Phi) is 11.8. The van der Waals surface area contributed by atoms with Crippen molar-refractivity contribution in [3.05, 3.63) is 52.5 Å². The Morgan fingerprint density at radius 3 is 2.32 bits per heavy atom. The van der Waals surface area contributed by atoms with Crippen molar-refractivity contribution in [3.8, 4) is 11.5 Å². The fourth-order valence-corrected chi connectivity index (χ4v) is 3.92. The van der Waals surface area contributed by atoms with Gasteiger partial charge in [0.1, 0.15) is 24.7 Å². The van der Waals surface area contributed by atoms with E-state index < -0.39 is 0 Å². The van der Waals surface area contributed by atoms with Crippen molar-refractivity contribution in [3.63, 3.8) is 0 Å². The van der Waals surface area contributed by atoms with E-state index in [1.165, 1.54) is 0 Å². The first-order valence-corrected chi connectivity index (χ1v) is 9.88. The quantitative estimate of drug-likeness (QED) is 0.319. The SMILES string of the molecule is COCCOc1ccc(PC(=O)c2c(C)cccc2Cl)c(OCCOC)c1.[LiH]. The van der Waals surface area contributed by atoms with Crippen molar-refractivity contribution in [1.29, 1.82) is 0 Å². The Labute approximate surface area is 185 Å². The van der Waals surface area contributed by atoms with Gasteiger partial charge in [0.2, 0.25) is 0 Å². The van der Waals surface area contributed by atoms with Crippen molar-refractivity contribution >= 4 is 49.9 Å². The molecule has 2 aromatic rings. The Bertz CT molecular complexity index is 752. The summed E-state index contributed by atoms with van der Waals surface area (Å²) in [5.74, 6) is 1.27. The van der Waals surface area contributed by atoms with Crippen LogP contribution >= 0.6 is 20.2 Å². The van der Waals surface area contributed by atoms with Gasteiger partial charge < -0.3 is 18.9 Å². The molecule has 0 heterocycles. The van der Waals surface area contributed by atoms with E-state index in [4.69, 9.17) is 30.5 Å². The van der Waals surface area contributed by atoms with Gasteiger partial charge in [0.15, 0.2) is 5.52 Å². The third-order valence-electron chi connectivity index (χ3n) is 3.75. The van der Waals surface area contributed by atoms with Crippen molar-refractivity contribution in [2.75, 3.05) is 40.6 Å². The molecule has 0 aliphatic heterocycles. The summed E-state index contributed by atoms with van der Waals surface area (Å²) in [4.78, 5) is 12.8. The molecule has 0 fully saturated rings. The molecule has 0 saturated carbocycles. The van der Waals surface area contributed by atoms with Crippen LogP contribution in [0, 0.1) is 6.92 Å². The first kappa shape index (κ1) is 25.0. The zero-order chi connectivity index (χ0) is 19.6. The maximum absolute atomic E-state index is 12.8. The van der Waals surface area contributed by atoms with Gasteiger partial charge in [-0.25, -0.2) is 0 Å². The van der Waals surface area contributed by atoms with Crippen LogP contribution in [0.4, 0.5) is 0 Å². The van der Waals surface area contributed by atoms with Gasteiger partial charge in [-0.05, 0) is 39.3 Å². The van der Waals surface area contributed by atoms with Gasteiger partial charge in [-0.15, -0.1) is 0 Å². The van der Waals surface area contributed by atoms with E-state index in [2.05, 4.69) is 0 Å². The van der Waals surface area contributed by atoms with Crippen LogP contribution in [0.15, 0.2) is 36.4 Å². The summed E-state index contributed by atoms with van der Waals surface area (Å²) in [6.45, 7) is 3.65. The maximum atomic E-state index is 12.8. The number of hydrogen-bond donors (Lipinski definition) is 0. The van der Waals surface area contributed by atoms with Gasteiger partial charge in [-0.2, -0.15) is 0 Å². The number of aryl methyl sites for hydroxylation is 1. The fraction of sp³-hybridized carbons (Fsp3) is 0.350. The van der Waals surface area contributed by atoms with E-state index in [0.717, 1.165) is 10.9 Å². The molecule has 0 aromatic heterocycles. The molecular formula is C20H25ClLiO5P. The number of methoxy groups -OCH3 is 2. The molecule has 0 saturated heterocycles. The van der Waals surface area contributed by atoms with E-state index >= 15 is 0 Å². The number of carbonyl (C=O) groups is 1. The standard InChI is InChI=1S/C20H24ClO5P.Li.H/c1-14-5-4-6-16(21)19(14)20(22)27-18-8-7-15(25-11-9-23-2)13-17(18)26-12-10-24-3;;/h4-8,13,27H,9-12H2,1-3H3;;. The van der Waals surface area contributed by atoms with Crippen molar-refractivity contribution in [2.24, 2.45) is 0 Å². The molecule has 148 valence electrons. The third-order valence-corrected chi connectivity index (χ3v) is 5.23. The molecule has 0 radical (unpaired) electrons. The summed E-state index contributed by atoms with van der Waals surface area (Å²) in [6, 6.07) is 10.9. The van der Waals surface area contributed by atoms with Crippen LogP contribution in [0.1, 0.15) is 15.9 Å². The van der Waals surface area contributed by atoms with Crippen LogP contribution in [0.5, 0.6) is 11.5 Å². The fourth-order valence-electron chi connectivity index (χ4n) is 2.40. The predicted octanol–water partition coefficient (Wildman–Crippen LogP) is 3.19. The van der Waals surface area contributed by atoms with Crippen LogP contribution in [0.25, 0.3) is 0 Å². The Hall–Kier alpha value is -1.05. The Morgan fingerprint density at radius 2 is 1.68 bits per heavy atom. The number of hydrogen-bond acceptors (Lipinski definition) is 5. The van der Waals surface area contributed by atoms with Crippen molar-refractivity contribution in [2.45, 2.75) is 6.92 Å². The molecule has 28 heavy (non-hydrogen) atoms. The molecule has 0 aliphatic rings.